The van der Waals surface area contributed by atoms with Gasteiger partial charge in [0.15, 0.2) is 0 Å². The summed E-state index contributed by atoms with van der Waals surface area (Å²) in [4.78, 5) is 2.89. The van der Waals surface area contributed by atoms with Gasteiger partial charge in [-0.2, -0.15) is 0 Å². The minimum Gasteiger partial charge on any atom is -0.0654 e. The summed E-state index contributed by atoms with van der Waals surface area (Å²) in [5, 5.41) is 3.72. The Kier molecular flexibility index (Phi) is 7.68. The molecule has 0 amide bonds. The molecule has 0 saturated carbocycles. The lowest BCUT2D eigenvalue weighted by atomic mass is 9.87. The Bertz CT molecular complexity index is 967. The minimum atomic E-state index is 0.632. The summed E-state index contributed by atoms with van der Waals surface area (Å²) in [6.07, 6.45) is 5.95. The molecule has 3 rings (SSSR count). The van der Waals surface area contributed by atoms with E-state index in [0.717, 1.165) is 12.0 Å². The Hall–Kier alpha value is -3.29. The van der Waals surface area contributed by atoms with Crippen molar-refractivity contribution in [2.45, 2.75) is 39.0 Å². The molecule has 0 aliphatic heterocycles. The molecule has 3 nitrogen and oxygen atoms in total. The predicted molar refractivity (Wildman–Crippen MR) is 123 cm³/mol. The van der Waals surface area contributed by atoms with Crippen LogP contribution in [0.2, 0.25) is 0 Å². The Labute approximate surface area is 173 Å². The first kappa shape index (κ1) is 20.4. The van der Waals surface area contributed by atoms with Gasteiger partial charge in [0.1, 0.15) is 0 Å². The Morgan fingerprint density at radius 3 is 1.90 bits per heavy atom. The summed E-state index contributed by atoms with van der Waals surface area (Å²) in [6, 6.07) is 29.1. The van der Waals surface area contributed by atoms with Crippen molar-refractivity contribution < 1.29 is 0 Å². The van der Waals surface area contributed by atoms with Crippen LogP contribution in [-0.2, 0) is 0 Å². The molecule has 0 N–H and O–H groups in total. The van der Waals surface area contributed by atoms with Gasteiger partial charge in [0.05, 0.1) is 0 Å². The van der Waals surface area contributed by atoms with Crippen molar-refractivity contribution >= 4 is 16.8 Å². The fourth-order valence-electron chi connectivity index (χ4n) is 3.65. The lowest BCUT2D eigenvalue weighted by Gasteiger charge is -2.18. The molecule has 0 spiro atoms. The zero-order chi connectivity index (χ0) is 20.3. The molecule has 0 aliphatic rings. The maximum atomic E-state index is 8.70. The molecule has 3 aromatic carbocycles. The lowest BCUT2D eigenvalue weighted by molar-refractivity contribution is 0.679. The first-order valence-corrected chi connectivity index (χ1v) is 10.3. The summed E-state index contributed by atoms with van der Waals surface area (Å²) in [5.74, 6) is 0. The molecule has 0 aliphatic carbocycles. The quantitative estimate of drug-likeness (QED) is 0.117. The van der Waals surface area contributed by atoms with E-state index >= 15 is 0 Å². The first-order chi connectivity index (χ1) is 14.3. The van der Waals surface area contributed by atoms with E-state index in [1.807, 2.05) is 12.1 Å². The van der Waals surface area contributed by atoms with Gasteiger partial charge in [-0.25, -0.2) is 0 Å². The number of allylic oxidation sites excluding steroid dienone is 1. The van der Waals surface area contributed by atoms with Gasteiger partial charge in [-0.05, 0) is 46.2 Å². The van der Waals surface area contributed by atoms with Gasteiger partial charge in [-0.1, -0.05) is 116 Å². The predicted octanol–water partition coefficient (Wildman–Crippen LogP) is 8.56. The van der Waals surface area contributed by atoms with Crippen LogP contribution in [0.5, 0.6) is 0 Å². The van der Waals surface area contributed by atoms with E-state index in [9.17, 15) is 0 Å². The number of unbranched alkanes of at least 4 members (excludes halogenated alkanes) is 3. The van der Waals surface area contributed by atoms with Gasteiger partial charge in [0.2, 0.25) is 0 Å². The van der Waals surface area contributed by atoms with Gasteiger partial charge in [0.25, 0.3) is 0 Å². The van der Waals surface area contributed by atoms with E-state index in [4.69, 9.17) is 5.53 Å². The second-order valence-electron chi connectivity index (χ2n) is 7.13. The van der Waals surface area contributed by atoms with Crippen LogP contribution in [0.25, 0.3) is 21.6 Å². The van der Waals surface area contributed by atoms with Crippen molar-refractivity contribution in [3.8, 4) is 0 Å². The fourth-order valence-corrected chi connectivity index (χ4v) is 3.65. The standard InChI is InChI=1S/C26H27N3/c1-2-3-4-11-16-25(21-12-7-5-8-13-21)26(22-14-9-6-10-15-22)23-17-19-24(20-18-23)28-29-27/h5-10,12-15,17-20H,2-4,11,16H2,1H3/b26-25-. The molecule has 146 valence electrons. The number of rotatable bonds is 9. The molecule has 0 unspecified atom stereocenters. The van der Waals surface area contributed by atoms with Crippen LogP contribution in [0.3, 0.4) is 0 Å². The third-order valence-corrected chi connectivity index (χ3v) is 5.08. The highest BCUT2D eigenvalue weighted by atomic mass is 15.1. The zero-order valence-electron chi connectivity index (χ0n) is 17.0. The number of hydrogen-bond acceptors (Lipinski definition) is 1. The Balaban J connectivity index is 2.14. The van der Waals surface area contributed by atoms with Crippen molar-refractivity contribution in [2.75, 3.05) is 0 Å². The SMILES string of the molecule is CCCCCC/C(=C(\c1ccccc1)c1ccc(N=[N+]=[N-])cc1)c1ccccc1. The van der Waals surface area contributed by atoms with Gasteiger partial charge in [-0.3, -0.25) is 0 Å². The molecule has 0 radical (unpaired) electrons. The molecule has 0 bridgehead atoms. The summed E-state index contributed by atoms with van der Waals surface area (Å²) >= 11 is 0. The lowest BCUT2D eigenvalue weighted by Crippen LogP contribution is -1.96. The average Bonchev–Trinajstić information content (AvgIpc) is 2.78. The van der Waals surface area contributed by atoms with E-state index in [1.54, 1.807) is 0 Å². The van der Waals surface area contributed by atoms with E-state index in [-0.39, 0.29) is 0 Å². The molecule has 0 aromatic heterocycles. The van der Waals surface area contributed by atoms with Crippen LogP contribution < -0.4 is 0 Å². The molecule has 29 heavy (non-hydrogen) atoms. The van der Waals surface area contributed by atoms with E-state index in [0.29, 0.717) is 5.69 Å². The van der Waals surface area contributed by atoms with E-state index in [2.05, 4.69) is 89.7 Å². The van der Waals surface area contributed by atoms with Crippen molar-refractivity contribution in [2.24, 2.45) is 5.11 Å². The second-order valence-corrected chi connectivity index (χ2v) is 7.13. The molecule has 0 atom stereocenters. The van der Waals surface area contributed by atoms with Crippen molar-refractivity contribution in [3.05, 3.63) is 112 Å². The summed E-state index contributed by atoms with van der Waals surface area (Å²) in [6.45, 7) is 2.24. The number of hydrogen-bond donors (Lipinski definition) is 0. The highest BCUT2D eigenvalue weighted by molar-refractivity contribution is 5.98. The molecular weight excluding hydrogens is 354 g/mol. The summed E-state index contributed by atoms with van der Waals surface area (Å²) < 4.78 is 0. The third kappa shape index (κ3) is 5.60. The highest BCUT2D eigenvalue weighted by Gasteiger charge is 2.14. The number of benzene rings is 3. The van der Waals surface area contributed by atoms with Gasteiger partial charge >= 0.3 is 0 Å². The Morgan fingerprint density at radius 2 is 1.31 bits per heavy atom. The minimum absolute atomic E-state index is 0.632. The number of nitrogens with zero attached hydrogens (tertiary/aromatic N) is 3. The monoisotopic (exact) mass is 381 g/mol. The van der Waals surface area contributed by atoms with Crippen LogP contribution in [0.1, 0.15) is 55.7 Å². The van der Waals surface area contributed by atoms with Crippen LogP contribution in [0.4, 0.5) is 5.69 Å². The third-order valence-electron chi connectivity index (χ3n) is 5.08. The molecule has 3 heteroatoms. The van der Waals surface area contributed by atoms with Gasteiger partial charge < -0.3 is 0 Å². The van der Waals surface area contributed by atoms with Crippen molar-refractivity contribution in [1.82, 2.24) is 0 Å². The fraction of sp³-hybridized carbons (Fsp3) is 0.231. The molecule has 0 saturated heterocycles. The smallest absolute Gasteiger partial charge is 0.0375 e. The first-order valence-electron chi connectivity index (χ1n) is 10.3. The van der Waals surface area contributed by atoms with Crippen LogP contribution >= 0.6 is 0 Å². The van der Waals surface area contributed by atoms with E-state index in [1.165, 1.54) is 48.0 Å². The molecule has 0 heterocycles. The Morgan fingerprint density at radius 1 is 0.724 bits per heavy atom. The second kappa shape index (κ2) is 10.9. The van der Waals surface area contributed by atoms with Gasteiger partial charge in [0, 0.05) is 10.6 Å². The summed E-state index contributed by atoms with van der Waals surface area (Å²) in [5.41, 5.74) is 15.6. The highest BCUT2D eigenvalue weighted by Crippen LogP contribution is 2.36. The molecular formula is C26H27N3. The topological polar surface area (TPSA) is 48.8 Å². The van der Waals surface area contributed by atoms with Crippen LogP contribution in [-0.4, -0.2) is 0 Å². The van der Waals surface area contributed by atoms with Crippen LogP contribution in [0.15, 0.2) is 90.0 Å². The van der Waals surface area contributed by atoms with Crippen molar-refractivity contribution in [1.29, 1.82) is 0 Å². The maximum absolute atomic E-state index is 8.70. The molecule has 3 aromatic rings. The largest absolute Gasteiger partial charge is 0.0654 e. The zero-order valence-corrected chi connectivity index (χ0v) is 17.0. The number of azide groups is 1. The summed E-state index contributed by atoms with van der Waals surface area (Å²) in [7, 11) is 0. The van der Waals surface area contributed by atoms with Gasteiger partial charge in [-0.15, -0.1) is 0 Å². The maximum Gasteiger partial charge on any atom is 0.0375 e. The normalized spacial score (nSPS) is 11.5. The van der Waals surface area contributed by atoms with Crippen molar-refractivity contribution in [3.63, 3.8) is 0 Å². The van der Waals surface area contributed by atoms with Crippen LogP contribution in [0, 0.1) is 0 Å². The average molecular weight is 382 g/mol. The molecule has 0 fully saturated rings. The van der Waals surface area contributed by atoms with E-state index < -0.39 is 0 Å².